The van der Waals surface area contributed by atoms with E-state index in [1.165, 1.54) is 6.26 Å². The van der Waals surface area contributed by atoms with Crippen LogP contribution in [0.4, 0.5) is 0 Å². The second-order valence-electron chi connectivity index (χ2n) is 17.9. The van der Waals surface area contributed by atoms with Crippen LogP contribution in [0.25, 0.3) is 11.1 Å². The Labute approximate surface area is 366 Å². The number of esters is 2. The topological polar surface area (TPSA) is 161 Å². The molecule has 0 aliphatic heterocycles. The number of sulfone groups is 1. The van der Waals surface area contributed by atoms with Crippen molar-refractivity contribution >= 4 is 47.9 Å². The molecule has 0 aliphatic rings. The number of aryl methyl sites for hydroxylation is 2. The fraction of sp³-hybridized carbons (Fsp3) is 0.545. The van der Waals surface area contributed by atoms with Crippen molar-refractivity contribution in [2.24, 2.45) is 5.92 Å². The van der Waals surface area contributed by atoms with Gasteiger partial charge in [-0.15, -0.1) is 0 Å². The number of carbonyl (C=O) groups is 2. The lowest BCUT2D eigenvalue weighted by Gasteiger charge is -2.28. The van der Waals surface area contributed by atoms with Gasteiger partial charge in [0.05, 0.1) is 32.3 Å². The summed E-state index contributed by atoms with van der Waals surface area (Å²) >= 11 is 0. The zero-order chi connectivity index (χ0) is 45.6. The van der Waals surface area contributed by atoms with E-state index < -0.39 is 65.5 Å². The second-order valence-corrected chi connectivity index (χ2v) is 33.4. The molecule has 0 heterocycles. The van der Waals surface area contributed by atoms with Crippen molar-refractivity contribution in [3.63, 3.8) is 0 Å². The van der Waals surface area contributed by atoms with Crippen LogP contribution in [0, 0.1) is 19.8 Å². The maximum atomic E-state index is 14.3. The van der Waals surface area contributed by atoms with Crippen LogP contribution in [0.2, 0.25) is 51.4 Å². The number of nitrogens with zero attached hydrogens (tertiary/aromatic N) is 1. The number of benzene rings is 3. The monoisotopic (exact) mass is 921 g/mol. The van der Waals surface area contributed by atoms with Crippen molar-refractivity contribution in [2.45, 2.75) is 84.2 Å². The molecule has 0 aliphatic carbocycles. The van der Waals surface area contributed by atoms with Crippen LogP contribution in [-0.2, 0) is 55.0 Å². The van der Waals surface area contributed by atoms with Gasteiger partial charge in [0.1, 0.15) is 41.4 Å². The van der Waals surface area contributed by atoms with Gasteiger partial charge in [-0.25, -0.2) is 16.8 Å². The Bertz CT molecular complexity index is 2060. The van der Waals surface area contributed by atoms with Gasteiger partial charge in [-0.1, -0.05) is 69.6 Å². The molecule has 0 saturated heterocycles. The molecule has 17 heteroatoms. The van der Waals surface area contributed by atoms with Crippen molar-refractivity contribution in [3.05, 3.63) is 82.9 Å². The lowest BCUT2D eigenvalue weighted by atomic mass is 9.87. The van der Waals surface area contributed by atoms with Gasteiger partial charge in [0.25, 0.3) is 0 Å². The molecular weight excluding hydrogens is 855 g/mol. The zero-order valence-electron chi connectivity index (χ0n) is 37.9. The highest BCUT2D eigenvalue weighted by Gasteiger charge is 2.42. The van der Waals surface area contributed by atoms with E-state index in [2.05, 4.69) is 39.3 Å². The summed E-state index contributed by atoms with van der Waals surface area (Å²) in [5.74, 6) is -3.99. The predicted molar refractivity (Wildman–Crippen MR) is 246 cm³/mol. The smallest absolute Gasteiger partial charge is 0.320 e. The Morgan fingerprint density at radius 2 is 1.25 bits per heavy atom. The van der Waals surface area contributed by atoms with Crippen LogP contribution in [0.5, 0.6) is 11.5 Å². The van der Waals surface area contributed by atoms with Gasteiger partial charge >= 0.3 is 11.9 Å². The summed E-state index contributed by atoms with van der Waals surface area (Å²) in [6, 6.07) is 20.2. The van der Waals surface area contributed by atoms with Crippen molar-refractivity contribution in [3.8, 4) is 22.6 Å². The lowest BCUT2D eigenvalue weighted by Crippen LogP contribution is -2.42. The quantitative estimate of drug-likeness (QED) is 0.0255. The summed E-state index contributed by atoms with van der Waals surface area (Å²) in [6.07, 6.45) is 1.63. The average Bonchev–Trinajstić information content (AvgIpc) is 3.16. The molecule has 0 N–H and O–H groups in total. The third kappa shape index (κ3) is 18.0. The lowest BCUT2D eigenvalue weighted by molar-refractivity contribution is -0.159. The Morgan fingerprint density at radius 3 is 1.74 bits per heavy atom. The molecule has 3 aromatic carbocycles. The fourth-order valence-corrected chi connectivity index (χ4v) is 10.1. The van der Waals surface area contributed by atoms with E-state index in [0.29, 0.717) is 43.3 Å². The maximum absolute atomic E-state index is 14.3. The van der Waals surface area contributed by atoms with Gasteiger partial charge in [0.15, 0.2) is 5.92 Å². The van der Waals surface area contributed by atoms with Gasteiger partial charge in [-0.05, 0) is 96.1 Å². The number of sulfonamides is 1. The Morgan fingerprint density at radius 1 is 0.705 bits per heavy atom. The van der Waals surface area contributed by atoms with E-state index in [0.717, 1.165) is 58.4 Å². The molecule has 0 aromatic heterocycles. The molecule has 1 unspecified atom stereocenters. The van der Waals surface area contributed by atoms with Crippen molar-refractivity contribution in [2.75, 3.05) is 65.3 Å². The number of methoxy groups -OCH3 is 2. The molecule has 0 radical (unpaired) electrons. The maximum Gasteiger partial charge on any atom is 0.320 e. The van der Waals surface area contributed by atoms with E-state index in [-0.39, 0.29) is 25.8 Å². The van der Waals surface area contributed by atoms with Crippen LogP contribution in [0.15, 0.2) is 60.7 Å². The van der Waals surface area contributed by atoms with Crippen molar-refractivity contribution in [1.29, 1.82) is 0 Å². The average molecular weight is 922 g/mol. The van der Waals surface area contributed by atoms with E-state index in [1.54, 1.807) is 24.3 Å². The van der Waals surface area contributed by atoms with E-state index in [4.69, 9.17) is 28.4 Å². The molecule has 61 heavy (non-hydrogen) atoms. The summed E-state index contributed by atoms with van der Waals surface area (Å²) in [6.45, 7) is 18.1. The van der Waals surface area contributed by atoms with Gasteiger partial charge in [0.2, 0.25) is 10.0 Å². The number of hydrogen-bond donors (Lipinski definition) is 0. The molecular formula is C44H67NO12S2Si2. The van der Waals surface area contributed by atoms with Crippen LogP contribution in [-0.4, -0.2) is 114 Å². The molecule has 340 valence electrons. The minimum Gasteiger partial charge on any atom is -0.494 e. The highest BCUT2D eigenvalue weighted by atomic mass is 32.2. The van der Waals surface area contributed by atoms with Gasteiger partial charge in [-0.2, -0.15) is 4.31 Å². The molecule has 0 saturated carbocycles. The molecule has 13 nitrogen and oxygen atoms in total. The first-order valence-electron chi connectivity index (χ1n) is 20.5. The summed E-state index contributed by atoms with van der Waals surface area (Å²) < 4.78 is 86.4. The van der Waals surface area contributed by atoms with Gasteiger partial charge < -0.3 is 28.4 Å². The van der Waals surface area contributed by atoms with Crippen LogP contribution in [0.1, 0.15) is 34.6 Å². The first kappa shape index (κ1) is 51.8. The second kappa shape index (κ2) is 23.2. The van der Waals surface area contributed by atoms with E-state index >= 15 is 0 Å². The van der Waals surface area contributed by atoms with Gasteiger partial charge in [-0.3, -0.25) is 9.59 Å². The Hall–Kier alpha value is -3.59. The minimum absolute atomic E-state index is 0.0711. The standard InChI is InChI=1S/C44H67NO12S2Si2/c1-33-26-39(56-20-13-23-58(5,48)49)27-34(2)41(33)37-15-12-14-35(28-37)29-57-38-18-16-36(17-19-38)40(42(43(46)52-3)44(47)53-4)30-59(50,51)45(31-54-21-24-60(6,7)8)32-55-22-25-61(9,10)11/h12,14-19,26-28,40,42H,13,20-25,29-32H2,1-11H3. The Kier molecular flexibility index (Phi) is 19.7. The first-order chi connectivity index (χ1) is 28.4. The zero-order valence-corrected chi connectivity index (χ0v) is 41.5. The molecule has 3 aromatic rings. The number of carbonyl (C=O) groups excluding carboxylic acids is 2. The third-order valence-electron chi connectivity index (χ3n) is 9.92. The van der Waals surface area contributed by atoms with Gasteiger partial charge in [0, 0.05) is 41.5 Å². The van der Waals surface area contributed by atoms with Crippen molar-refractivity contribution < 1.29 is 54.8 Å². The largest absolute Gasteiger partial charge is 0.494 e. The van der Waals surface area contributed by atoms with Crippen LogP contribution < -0.4 is 9.47 Å². The number of ether oxygens (including phenoxy) is 6. The fourth-order valence-electron chi connectivity index (χ4n) is 6.45. The van der Waals surface area contributed by atoms with Crippen molar-refractivity contribution in [1.82, 2.24) is 4.31 Å². The number of rotatable bonds is 26. The molecule has 0 amide bonds. The third-order valence-corrected chi connectivity index (χ3v) is 16.1. The van der Waals surface area contributed by atoms with E-state index in [9.17, 15) is 26.4 Å². The molecule has 0 fully saturated rings. The molecule has 1 atom stereocenters. The highest BCUT2D eigenvalue weighted by molar-refractivity contribution is 7.90. The highest BCUT2D eigenvalue weighted by Crippen LogP contribution is 2.34. The SMILES string of the molecule is COC(=O)C(C(=O)OC)C(CS(=O)(=O)N(COCC[Si](C)(C)C)COCC[Si](C)(C)C)c1ccc(OCc2cccc(-c3c(C)cc(OCCCS(C)(=O)=O)cc3C)c2)cc1. The minimum atomic E-state index is -4.20. The summed E-state index contributed by atoms with van der Waals surface area (Å²) in [4.78, 5) is 26.3. The summed E-state index contributed by atoms with van der Waals surface area (Å²) in [5, 5.41) is 0. The van der Waals surface area contributed by atoms with E-state index in [1.807, 2.05) is 50.2 Å². The Balaban J connectivity index is 1.84. The molecule has 0 bridgehead atoms. The summed E-state index contributed by atoms with van der Waals surface area (Å²) in [7, 11) is -7.89. The number of hydrogen-bond acceptors (Lipinski definition) is 12. The van der Waals surface area contributed by atoms with Crippen LogP contribution >= 0.6 is 0 Å². The molecule has 0 spiro atoms. The first-order valence-corrected chi connectivity index (χ1v) is 31.5. The molecule has 3 rings (SSSR count). The normalized spacial score (nSPS) is 13.0. The summed E-state index contributed by atoms with van der Waals surface area (Å²) in [5.41, 5.74) is 5.36. The van der Waals surface area contributed by atoms with Crippen LogP contribution in [0.3, 0.4) is 0 Å². The predicted octanol–water partition coefficient (Wildman–Crippen LogP) is 7.67.